The quantitative estimate of drug-likeness (QED) is 0.482. The highest BCUT2D eigenvalue weighted by molar-refractivity contribution is 9.10. The second kappa shape index (κ2) is 8.23. The average Bonchev–Trinajstić information content (AvgIpc) is 3.16. The van der Waals surface area contributed by atoms with E-state index in [-0.39, 0.29) is 24.4 Å². The maximum Gasteiger partial charge on any atom is 0.264 e. The number of nitrogens with one attached hydrogen (secondary N) is 1. The molecule has 0 atom stereocenters. The van der Waals surface area contributed by atoms with Crippen molar-refractivity contribution in [1.29, 1.82) is 0 Å². The van der Waals surface area contributed by atoms with E-state index in [4.69, 9.17) is 0 Å². The fraction of sp³-hybridized carbons (Fsp3) is 0.182. The van der Waals surface area contributed by atoms with E-state index < -0.39 is 0 Å². The van der Waals surface area contributed by atoms with Crippen molar-refractivity contribution in [2.45, 2.75) is 26.8 Å². The Labute approximate surface area is 181 Å². The van der Waals surface area contributed by atoms with E-state index in [9.17, 15) is 9.59 Å². The minimum absolute atomic E-state index is 0.161. The first-order valence-corrected chi connectivity index (χ1v) is 10.3. The maximum absolute atomic E-state index is 12.8. The van der Waals surface area contributed by atoms with Crippen LogP contribution in [0.25, 0.3) is 16.7 Å². The minimum atomic E-state index is -0.217. The third kappa shape index (κ3) is 4.04. The van der Waals surface area contributed by atoms with Crippen LogP contribution in [-0.2, 0) is 11.3 Å². The topological polar surface area (TPSA) is 81.8 Å². The molecule has 0 bridgehead atoms. The summed E-state index contributed by atoms with van der Waals surface area (Å²) in [6.45, 7) is 4.20. The van der Waals surface area contributed by atoms with Gasteiger partial charge in [-0.15, -0.1) is 0 Å². The lowest BCUT2D eigenvalue weighted by Crippen LogP contribution is -2.23. The zero-order valence-corrected chi connectivity index (χ0v) is 18.2. The van der Waals surface area contributed by atoms with Crippen LogP contribution in [0.15, 0.2) is 64.3 Å². The standard InChI is InChI=1S/C22H20BrN5O2/c1-14-3-6-17(7-4-14)28-21-18(12-25-28)22(30)27(13-24-21)10-9-20(29)26-16-5-8-19(23)15(2)11-16/h3-8,11-13H,9-10H2,1-2H3,(H,26,29). The third-order valence-corrected chi connectivity index (χ3v) is 5.74. The first-order chi connectivity index (χ1) is 14.4. The summed E-state index contributed by atoms with van der Waals surface area (Å²) in [5.41, 5.74) is 4.01. The Morgan fingerprint density at radius 1 is 1.13 bits per heavy atom. The van der Waals surface area contributed by atoms with Gasteiger partial charge in [0.25, 0.3) is 5.56 Å². The normalized spacial score (nSPS) is 11.0. The van der Waals surface area contributed by atoms with Crippen LogP contribution in [-0.4, -0.2) is 25.2 Å². The first-order valence-electron chi connectivity index (χ1n) is 9.48. The number of aromatic nitrogens is 4. The second-order valence-electron chi connectivity index (χ2n) is 7.13. The number of hydrogen-bond acceptors (Lipinski definition) is 4. The van der Waals surface area contributed by atoms with Gasteiger partial charge in [0, 0.05) is 23.1 Å². The number of hydrogen-bond donors (Lipinski definition) is 1. The lowest BCUT2D eigenvalue weighted by atomic mass is 10.2. The maximum atomic E-state index is 12.8. The number of amides is 1. The molecule has 4 aromatic rings. The van der Waals surface area contributed by atoms with Crippen LogP contribution in [0.4, 0.5) is 5.69 Å². The molecule has 0 aliphatic rings. The largest absolute Gasteiger partial charge is 0.326 e. The molecule has 2 aromatic carbocycles. The van der Waals surface area contributed by atoms with Crippen molar-refractivity contribution in [1.82, 2.24) is 19.3 Å². The van der Waals surface area contributed by atoms with Crippen molar-refractivity contribution in [3.8, 4) is 5.69 Å². The molecule has 0 aliphatic heterocycles. The average molecular weight is 466 g/mol. The number of fused-ring (bicyclic) bond motifs is 1. The number of nitrogens with zero attached hydrogens (tertiary/aromatic N) is 4. The summed E-state index contributed by atoms with van der Waals surface area (Å²) >= 11 is 3.44. The Hall–Kier alpha value is -3.26. The molecule has 0 spiro atoms. The summed E-state index contributed by atoms with van der Waals surface area (Å²) in [5, 5.41) is 7.59. The molecule has 2 aromatic heterocycles. The van der Waals surface area contributed by atoms with Gasteiger partial charge >= 0.3 is 0 Å². The van der Waals surface area contributed by atoms with Gasteiger partial charge in [-0.25, -0.2) is 9.67 Å². The van der Waals surface area contributed by atoms with Crippen LogP contribution in [0.2, 0.25) is 0 Å². The summed E-state index contributed by atoms with van der Waals surface area (Å²) in [5.74, 6) is -0.168. The van der Waals surface area contributed by atoms with Crippen molar-refractivity contribution < 1.29 is 4.79 Å². The fourth-order valence-electron chi connectivity index (χ4n) is 3.15. The monoisotopic (exact) mass is 465 g/mol. The van der Waals surface area contributed by atoms with E-state index in [1.54, 1.807) is 4.68 Å². The SMILES string of the molecule is Cc1ccc(-n2ncc3c(=O)n(CCC(=O)Nc4ccc(Br)c(C)c4)cnc32)cc1. The van der Waals surface area contributed by atoms with Gasteiger partial charge in [0.2, 0.25) is 5.91 Å². The molecule has 7 nitrogen and oxygen atoms in total. The lowest BCUT2D eigenvalue weighted by Gasteiger charge is -2.09. The van der Waals surface area contributed by atoms with E-state index in [2.05, 4.69) is 31.3 Å². The van der Waals surface area contributed by atoms with E-state index in [0.717, 1.165) is 27.0 Å². The molecule has 152 valence electrons. The molecule has 1 amide bonds. The summed E-state index contributed by atoms with van der Waals surface area (Å²) in [4.78, 5) is 29.5. The van der Waals surface area contributed by atoms with Crippen LogP contribution in [0.3, 0.4) is 0 Å². The number of carbonyl (C=O) groups is 1. The number of aryl methyl sites for hydroxylation is 3. The lowest BCUT2D eigenvalue weighted by molar-refractivity contribution is -0.116. The summed E-state index contributed by atoms with van der Waals surface area (Å²) in [7, 11) is 0. The van der Waals surface area contributed by atoms with Crippen LogP contribution < -0.4 is 10.9 Å². The molecule has 0 radical (unpaired) electrons. The van der Waals surface area contributed by atoms with Gasteiger partial charge in [-0.2, -0.15) is 5.10 Å². The van der Waals surface area contributed by atoms with Gasteiger partial charge in [-0.1, -0.05) is 33.6 Å². The van der Waals surface area contributed by atoms with Gasteiger partial charge in [-0.05, 0) is 49.7 Å². The molecular formula is C22H20BrN5O2. The van der Waals surface area contributed by atoms with Crippen molar-refractivity contribution in [2.24, 2.45) is 0 Å². The van der Waals surface area contributed by atoms with Crippen molar-refractivity contribution >= 4 is 38.6 Å². The summed E-state index contributed by atoms with van der Waals surface area (Å²) in [6.07, 6.45) is 3.15. The van der Waals surface area contributed by atoms with Gasteiger partial charge < -0.3 is 5.32 Å². The Morgan fingerprint density at radius 2 is 1.90 bits per heavy atom. The zero-order valence-electron chi connectivity index (χ0n) is 16.6. The van der Waals surface area contributed by atoms with Gasteiger partial charge in [-0.3, -0.25) is 14.2 Å². The van der Waals surface area contributed by atoms with Crippen LogP contribution in [0.1, 0.15) is 17.5 Å². The molecule has 8 heteroatoms. The summed E-state index contributed by atoms with van der Waals surface area (Å²) in [6, 6.07) is 13.4. The summed E-state index contributed by atoms with van der Waals surface area (Å²) < 4.78 is 4.07. The Morgan fingerprint density at radius 3 is 2.63 bits per heavy atom. The number of carbonyl (C=O) groups excluding carboxylic acids is 1. The number of rotatable bonds is 5. The number of halogens is 1. The highest BCUT2D eigenvalue weighted by Gasteiger charge is 2.12. The first kappa shape index (κ1) is 20.0. The van der Waals surface area contributed by atoms with E-state index in [1.165, 1.54) is 17.1 Å². The van der Waals surface area contributed by atoms with Gasteiger partial charge in [0.1, 0.15) is 5.39 Å². The van der Waals surface area contributed by atoms with E-state index in [0.29, 0.717) is 11.0 Å². The molecule has 0 saturated heterocycles. The second-order valence-corrected chi connectivity index (χ2v) is 7.99. The van der Waals surface area contributed by atoms with Crippen LogP contribution in [0, 0.1) is 13.8 Å². The minimum Gasteiger partial charge on any atom is -0.326 e. The van der Waals surface area contributed by atoms with E-state index in [1.807, 2.05) is 56.3 Å². The van der Waals surface area contributed by atoms with Gasteiger partial charge in [0.05, 0.1) is 18.2 Å². The predicted molar refractivity (Wildman–Crippen MR) is 120 cm³/mol. The molecule has 4 rings (SSSR count). The zero-order chi connectivity index (χ0) is 21.3. The smallest absolute Gasteiger partial charge is 0.264 e. The van der Waals surface area contributed by atoms with E-state index >= 15 is 0 Å². The highest BCUT2D eigenvalue weighted by atomic mass is 79.9. The molecule has 30 heavy (non-hydrogen) atoms. The Balaban J connectivity index is 1.50. The number of anilines is 1. The third-order valence-electron chi connectivity index (χ3n) is 4.85. The van der Waals surface area contributed by atoms with Gasteiger partial charge in [0.15, 0.2) is 5.65 Å². The van der Waals surface area contributed by atoms with Crippen molar-refractivity contribution in [3.63, 3.8) is 0 Å². The predicted octanol–water partition coefficient (Wildman–Crippen LogP) is 3.99. The van der Waals surface area contributed by atoms with Crippen molar-refractivity contribution in [3.05, 3.63) is 80.9 Å². The van der Waals surface area contributed by atoms with Crippen LogP contribution in [0.5, 0.6) is 0 Å². The molecule has 1 N–H and O–H groups in total. The molecular weight excluding hydrogens is 446 g/mol. The molecule has 0 fully saturated rings. The Kier molecular flexibility index (Phi) is 5.50. The highest BCUT2D eigenvalue weighted by Crippen LogP contribution is 2.20. The molecule has 2 heterocycles. The molecule has 0 unspecified atom stereocenters. The van der Waals surface area contributed by atoms with Crippen molar-refractivity contribution in [2.75, 3.05) is 5.32 Å². The Bertz CT molecular complexity index is 1290. The van der Waals surface area contributed by atoms with Crippen LogP contribution >= 0.6 is 15.9 Å². The fourth-order valence-corrected chi connectivity index (χ4v) is 3.40. The molecule has 0 aliphatic carbocycles. The number of benzene rings is 2. The molecule has 0 saturated carbocycles.